The lowest BCUT2D eigenvalue weighted by atomic mass is 10.1. The third kappa shape index (κ3) is 3.61. The van der Waals surface area contributed by atoms with Crippen molar-refractivity contribution in [3.05, 3.63) is 20.3 Å². The van der Waals surface area contributed by atoms with E-state index < -0.39 is 0 Å². The number of halogens is 2. The van der Waals surface area contributed by atoms with Crippen molar-refractivity contribution in [2.75, 3.05) is 6.61 Å². The minimum absolute atomic E-state index is 0.106. The van der Waals surface area contributed by atoms with Crippen molar-refractivity contribution in [1.82, 2.24) is 5.32 Å². The molecule has 15 heavy (non-hydrogen) atoms. The maximum absolute atomic E-state index is 9.08. The number of hydrogen-bond donors (Lipinski definition) is 2. The SMILES string of the molecule is CC[C@@H](CO)NC(C)c1cc(Cl)sc1Cl. The van der Waals surface area contributed by atoms with Crippen LogP contribution in [0.2, 0.25) is 8.67 Å². The first-order chi connectivity index (χ1) is 7.08. The number of nitrogens with one attached hydrogen (secondary N) is 1. The molecular formula is C10H15Cl2NOS. The zero-order valence-corrected chi connectivity index (χ0v) is 11.1. The Kier molecular flexibility index (Phi) is 5.36. The van der Waals surface area contributed by atoms with Crippen LogP contribution < -0.4 is 5.32 Å². The predicted molar refractivity (Wildman–Crippen MR) is 67.1 cm³/mol. The average Bonchev–Trinajstić information content (AvgIpc) is 2.54. The number of thiophene rings is 1. The number of rotatable bonds is 5. The molecule has 0 saturated carbocycles. The Hall–Kier alpha value is 0.200. The van der Waals surface area contributed by atoms with Gasteiger partial charge in [-0.15, -0.1) is 11.3 Å². The molecule has 0 radical (unpaired) electrons. The minimum atomic E-state index is 0.106. The summed E-state index contributed by atoms with van der Waals surface area (Å²) in [6, 6.07) is 2.09. The average molecular weight is 268 g/mol. The molecule has 1 unspecified atom stereocenters. The molecule has 5 heteroatoms. The van der Waals surface area contributed by atoms with Gasteiger partial charge in [-0.3, -0.25) is 0 Å². The van der Waals surface area contributed by atoms with E-state index >= 15 is 0 Å². The van der Waals surface area contributed by atoms with Crippen LogP contribution in [0.25, 0.3) is 0 Å². The second-order valence-electron chi connectivity index (χ2n) is 3.46. The molecule has 0 aliphatic carbocycles. The van der Waals surface area contributed by atoms with Gasteiger partial charge in [-0.05, 0) is 25.0 Å². The Balaban J connectivity index is 2.67. The Morgan fingerprint density at radius 1 is 1.53 bits per heavy atom. The van der Waals surface area contributed by atoms with Crippen LogP contribution in [-0.2, 0) is 0 Å². The van der Waals surface area contributed by atoms with E-state index in [0.29, 0.717) is 8.67 Å². The second-order valence-corrected chi connectivity index (χ2v) is 5.74. The fourth-order valence-electron chi connectivity index (χ4n) is 1.39. The number of aliphatic hydroxyl groups excluding tert-OH is 1. The van der Waals surface area contributed by atoms with Gasteiger partial charge in [0.2, 0.25) is 0 Å². The van der Waals surface area contributed by atoms with Gasteiger partial charge in [0.25, 0.3) is 0 Å². The second kappa shape index (κ2) is 6.06. The lowest BCUT2D eigenvalue weighted by Gasteiger charge is -2.20. The van der Waals surface area contributed by atoms with Crippen molar-refractivity contribution >= 4 is 34.5 Å². The number of aliphatic hydroxyl groups is 1. The zero-order chi connectivity index (χ0) is 11.4. The summed E-state index contributed by atoms with van der Waals surface area (Å²) in [6.45, 7) is 4.18. The summed E-state index contributed by atoms with van der Waals surface area (Å²) < 4.78 is 1.41. The van der Waals surface area contributed by atoms with E-state index in [2.05, 4.69) is 5.32 Å². The molecule has 2 N–H and O–H groups in total. The molecule has 0 spiro atoms. The molecule has 0 fully saturated rings. The molecule has 2 atom stereocenters. The van der Waals surface area contributed by atoms with E-state index in [0.717, 1.165) is 12.0 Å². The van der Waals surface area contributed by atoms with Crippen LogP contribution in [0.4, 0.5) is 0 Å². The van der Waals surface area contributed by atoms with Crippen molar-refractivity contribution in [3.8, 4) is 0 Å². The molecule has 1 aromatic rings. The molecule has 0 amide bonds. The predicted octanol–water partition coefficient (Wildman–Crippen LogP) is 3.48. The summed E-state index contributed by atoms with van der Waals surface area (Å²) in [4.78, 5) is 0. The van der Waals surface area contributed by atoms with E-state index in [-0.39, 0.29) is 18.7 Å². The summed E-state index contributed by atoms with van der Waals surface area (Å²) in [5, 5.41) is 12.4. The molecule has 0 saturated heterocycles. The molecule has 0 aliphatic heterocycles. The third-order valence-corrected chi connectivity index (χ3v) is 3.87. The topological polar surface area (TPSA) is 32.3 Å². The van der Waals surface area contributed by atoms with E-state index in [1.807, 2.05) is 19.9 Å². The van der Waals surface area contributed by atoms with Crippen molar-refractivity contribution in [2.45, 2.75) is 32.4 Å². The molecule has 2 nitrogen and oxygen atoms in total. The smallest absolute Gasteiger partial charge is 0.0991 e. The van der Waals surface area contributed by atoms with Gasteiger partial charge in [-0.1, -0.05) is 30.1 Å². The molecule has 86 valence electrons. The van der Waals surface area contributed by atoms with Crippen LogP contribution in [0.1, 0.15) is 31.9 Å². The van der Waals surface area contributed by atoms with Crippen LogP contribution >= 0.6 is 34.5 Å². The molecule has 1 rings (SSSR count). The molecule has 0 aromatic carbocycles. The lowest BCUT2D eigenvalue weighted by molar-refractivity contribution is 0.230. The van der Waals surface area contributed by atoms with Gasteiger partial charge >= 0.3 is 0 Å². The van der Waals surface area contributed by atoms with Gasteiger partial charge in [-0.2, -0.15) is 0 Å². The Labute approximate surface area is 104 Å². The van der Waals surface area contributed by atoms with Crippen LogP contribution in [-0.4, -0.2) is 17.8 Å². The van der Waals surface area contributed by atoms with E-state index in [1.165, 1.54) is 11.3 Å². The normalized spacial score (nSPS) is 15.3. The van der Waals surface area contributed by atoms with Crippen molar-refractivity contribution in [3.63, 3.8) is 0 Å². The fourth-order valence-corrected chi connectivity index (χ4v) is 3.04. The van der Waals surface area contributed by atoms with E-state index in [9.17, 15) is 0 Å². The zero-order valence-electron chi connectivity index (χ0n) is 8.76. The largest absolute Gasteiger partial charge is 0.395 e. The third-order valence-electron chi connectivity index (χ3n) is 2.35. The summed E-state index contributed by atoms with van der Waals surface area (Å²) in [6.07, 6.45) is 0.885. The van der Waals surface area contributed by atoms with Crippen LogP contribution in [0.15, 0.2) is 6.07 Å². The standard InChI is InChI=1S/C10H15Cl2NOS/c1-3-7(5-14)13-6(2)8-4-9(11)15-10(8)12/h4,6-7,13-14H,3,5H2,1-2H3/t6?,7-/m0/s1. The van der Waals surface area contributed by atoms with Crippen molar-refractivity contribution in [2.24, 2.45) is 0 Å². The lowest BCUT2D eigenvalue weighted by Crippen LogP contribution is -2.33. The van der Waals surface area contributed by atoms with E-state index in [1.54, 1.807) is 0 Å². The highest BCUT2D eigenvalue weighted by atomic mass is 35.5. The van der Waals surface area contributed by atoms with Gasteiger partial charge < -0.3 is 10.4 Å². The monoisotopic (exact) mass is 267 g/mol. The van der Waals surface area contributed by atoms with Gasteiger partial charge in [0.15, 0.2) is 0 Å². The first-order valence-electron chi connectivity index (χ1n) is 4.90. The maximum atomic E-state index is 9.08. The van der Waals surface area contributed by atoms with Crippen LogP contribution in [0.3, 0.4) is 0 Å². The van der Waals surface area contributed by atoms with Gasteiger partial charge in [0.05, 0.1) is 15.3 Å². The Morgan fingerprint density at radius 2 is 2.20 bits per heavy atom. The summed E-state index contributed by atoms with van der Waals surface area (Å²) >= 11 is 13.3. The maximum Gasteiger partial charge on any atom is 0.0991 e. The van der Waals surface area contributed by atoms with Gasteiger partial charge in [0, 0.05) is 12.1 Å². The van der Waals surface area contributed by atoms with Crippen molar-refractivity contribution < 1.29 is 5.11 Å². The minimum Gasteiger partial charge on any atom is -0.395 e. The molecule has 1 heterocycles. The van der Waals surface area contributed by atoms with Gasteiger partial charge in [-0.25, -0.2) is 0 Å². The molecule has 0 bridgehead atoms. The Morgan fingerprint density at radius 3 is 2.60 bits per heavy atom. The fraction of sp³-hybridized carbons (Fsp3) is 0.600. The summed E-state index contributed by atoms with van der Waals surface area (Å²) in [5.74, 6) is 0. The summed E-state index contributed by atoms with van der Waals surface area (Å²) in [5.41, 5.74) is 0.999. The summed E-state index contributed by atoms with van der Waals surface area (Å²) in [7, 11) is 0. The first-order valence-corrected chi connectivity index (χ1v) is 6.47. The molecule has 1 aromatic heterocycles. The Bertz CT molecular complexity index is 312. The van der Waals surface area contributed by atoms with Gasteiger partial charge in [0.1, 0.15) is 0 Å². The van der Waals surface area contributed by atoms with Crippen LogP contribution in [0, 0.1) is 0 Å². The molecular weight excluding hydrogens is 253 g/mol. The molecule has 0 aliphatic rings. The first kappa shape index (κ1) is 13.3. The highest BCUT2D eigenvalue weighted by molar-refractivity contribution is 7.20. The highest BCUT2D eigenvalue weighted by Gasteiger charge is 2.15. The van der Waals surface area contributed by atoms with E-state index in [4.69, 9.17) is 28.3 Å². The quantitative estimate of drug-likeness (QED) is 0.857. The highest BCUT2D eigenvalue weighted by Crippen LogP contribution is 2.34. The number of hydrogen-bond acceptors (Lipinski definition) is 3. The van der Waals surface area contributed by atoms with Crippen LogP contribution in [0.5, 0.6) is 0 Å². The van der Waals surface area contributed by atoms with Crippen molar-refractivity contribution in [1.29, 1.82) is 0 Å².